The molecule has 0 atom stereocenters. The lowest BCUT2D eigenvalue weighted by Gasteiger charge is -2.12. The zero-order valence-corrected chi connectivity index (χ0v) is 12.4. The molecule has 2 aromatic carbocycles. The molecule has 0 fully saturated rings. The summed E-state index contributed by atoms with van der Waals surface area (Å²) in [5, 5.41) is 3.37. The van der Waals surface area contributed by atoms with Crippen LogP contribution in [0.15, 0.2) is 48.5 Å². The van der Waals surface area contributed by atoms with E-state index >= 15 is 0 Å². The van der Waals surface area contributed by atoms with Gasteiger partial charge >= 0.3 is 0 Å². The molecule has 2 heteroatoms. The molecule has 0 saturated carbocycles. The lowest BCUT2D eigenvalue weighted by atomic mass is 10.1. The standard InChI is InChI=1S/C18H23NO/c1-3-19-13-12-16-9-5-6-10-17(16)14-20-18-11-7-4-8-15(18)2/h4-11,19H,3,12-14H2,1-2H3. The molecule has 0 aliphatic heterocycles. The van der Waals surface area contributed by atoms with E-state index in [9.17, 15) is 0 Å². The van der Waals surface area contributed by atoms with Crippen molar-refractivity contribution in [1.29, 1.82) is 0 Å². The molecular weight excluding hydrogens is 246 g/mol. The molecule has 2 nitrogen and oxygen atoms in total. The molecule has 20 heavy (non-hydrogen) atoms. The van der Waals surface area contributed by atoms with Crippen LogP contribution in [0.3, 0.4) is 0 Å². The van der Waals surface area contributed by atoms with E-state index in [1.807, 2.05) is 18.2 Å². The van der Waals surface area contributed by atoms with Crippen LogP contribution < -0.4 is 10.1 Å². The van der Waals surface area contributed by atoms with Gasteiger partial charge in [0, 0.05) is 0 Å². The summed E-state index contributed by atoms with van der Waals surface area (Å²) in [7, 11) is 0. The van der Waals surface area contributed by atoms with E-state index < -0.39 is 0 Å². The Hall–Kier alpha value is -1.80. The summed E-state index contributed by atoms with van der Waals surface area (Å²) >= 11 is 0. The minimum absolute atomic E-state index is 0.632. The molecule has 0 saturated heterocycles. The van der Waals surface area contributed by atoms with Crippen LogP contribution in [0.1, 0.15) is 23.6 Å². The van der Waals surface area contributed by atoms with Gasteiger partial charge in [0.1, 0.15) is 12.4 Å². The predicted octanol–water partition coefficient (Wildman–Crippen LogP) is 3.73. The van der Waals surface area contributed by atoms with E-state index in [0.717, 1.165) is 25.3 Å². The molecule has 0 bridgehead atoms. The summed E-state index contributed by atoms with van der Waals surface area (Å²) in [4.78, 5) is 0. The first-order valence-corrected chi connectivity index (χ1v) is 7.27. The Morgan fingerprint density at radius 3 is 2.40 bits per heavy atom. The number of likely N-dealkylation sites (N-methyl/N-ethyl adjacent to an activating group) is 1. The van der Waals surface area contributed by atoms with Crippen molar-refractivity contribution in [3.05, 3.63) is 65.2 Å². The number of aryl methyl sites for hydroxylation is 1. The molecule has 0 amide bonds. The summed E-state index contributed by atoms with van der Waals surface area (Å²) in [6.07, 6.45) is 1.04. The predicted molar refractivity (Wildman–Crippen MR) is 84.2 cm³/mol. The van der Waals surface area contributed by atoms with E-state index in [0.29, 0.717) is 6.61 Å². The maximum atomic E-state index is 5.95. The number of para-hydroxylation sites is 1. The van der Waals surface area contributed by atoms with Gasteiger partial charge in [0.05, 0.1) is 0 Å². The maximum absolute atomic E-state index is 5.95. The van der Waals surface area contributed by atoms with E-state index in [2.05, 4.69) is 49.5 Å². The van der Waals surface area contributed by atoms with Gasteiger partial charge in [-0.3, -0.25) is 0 Å². The van der Waals surface area contributed by atoms with Crippen molar-refractivity contribution in [1.82, 2.24) is 5.32 Å². The molecule has 1 N–H and O–H groups in total. The second kappa shape index (κ2) is 7.71. The van der Waals surface area contributed by atoms with Crippen LogP contribution in [0.5, 0.6) is 5.75 Å². The van der Waals surface area contributed by atoms with Crippen molar-refractivity contribution < 1.29 is 4.74 Å². The molecular formula is C18H23NO. The Bertz CT molecular complexity index is 536. The molecule has 0 aliphatic rings. The van der Waals surface area contributed by atoms with Crippen LogP contribution in [0.4, 0.5) is 0 Å². The normalized spacial score (nSPS) is 10.5. The van der Waals surface area contributed by atoms with Crippen molar-refractivity contribution in [3.8, 4) is 5.75 Å². The SMILES string of the molecule is CCNCCc1ccccc1COc1ccccc1C. The Morgan fingerprint density at radius 2 is 1.65 bits per heavy atom. The number of hydrogen-bond acceptors (Lipinski definition) is 2. The fourth-order valence-corrected chi connectivity index (χ4v) is 2.22. The van der Waals surface area contributed by atoms with Gasteiger partial charge in [-0.2, -0.15) is 0 Å². The van der Waals surface area contributed by atoms with Crippen molar-refractivity contribution in [2.45, 2.75) is 26.9 Å². The molecule has 0 radical (unpaired) electrons. The van der Waals surface area contributed by atoms with Crippen LogP contribution in [0.25, 0.3) is 0 Å². The van der Waals surface area contributed by atoms with Gasteiger partial charge in [0.25, 0.3) is 0 Å². The first-order chi connectivity index (χ1) is 9.81. The molecule has 2 aromatic rings. The second-order valence-electron chi connectivity index (χ2n) is 4.93. The van der Waals surface area contributed by atoms with E-state index in [1.54, 1.807) is 0 Å². The Kier molecular flexibility index (Phi) is 5.63. The van der Waals surface area contributed by atoms with E-state index in [-0.39, 0.29) is 0 Å². The van der Waals surface area contributed by atoms with Gasteiger partial charge in [-0.25, -0.2) is 0 Å². The molecule has 106 valence electrons. The third kappa shape index (κ3) is 4.10. The van der Waals surface area contributed by atoms with Crippen LogP contribution in [0, 0.1) is 6.92 Å². The van der Waals surface area contributed by atoms with Gasteiger partial charge in [-0.15, -0.1) is 0 Å². The van der Waals surface area contributed by atoms with Crippen LogP contribution in [0.2, 0.25) is 0 Å². The van der Waals surface area contributed by atoms with Crippen molar-refractivity contribution in [3.63, 3.8) is 0 Å². The molecule has 0 spiro atoms. The topological polar surface area (TPSA) is 21.3 Å². The second-order valence-corrected chi connectivity index (χ2v) is 4.93. The highest BCUT2D eigenvalue weighted by molar-refractivity contribution is 5.33. The Morgan fingerprint density at radius 1 is 0.950 bits per heavy atom. The van der Waals surface area contributed by atoms with Gasteiger partial charge in [0.15, 0.2) is 0 Å². The van der Waals surface area contributed by atoms with Gasteiger partial charge in [-0.1, -0.05) is 49.4 Å². The number of rotatable bonds is 7. The number of nitrogens with one attached hydrogen (secondary N) is 1. The molecule has 0 aliphatic carbocycles. The smallest absolute Gasteiger partial charge is 0.122 e. The highest BCUT2D eigenvalue weighted by Gasteiger charge is 2.04. The zero-order valence-electron chi connectivity index (χ0n) is 12.4. The minimum atomic E-state index is 0.632. The Balaban J connectivity index is 2.00. The molecule has 0 heterocycles. The average molecular weight is 269 g/mol. The van der Waals surface area contributed by atoms with Crippen molar-refractivity contribution >= 4 is 0 Å². The minimum Gasteiger partial charge on any atom is -0.489 e. The summed E-state index contributed by atoms with van der Waals surface area (Å²) in [5.74, 6) is 0.967. The largest absolute Gasteiger partial charge is 0.489 e. The van der Waals surface area contributed by atoms with Crippen LogP contribution >= 0.6 is 0 Å². The lowest BCUT2D eigenvalue weighted by molar-refractivity contribution is 0.303. The zero-order chi connectivity index (χ0) is 14.2. The number of hydrogen-bond donors (Lipinski definition) is 1. The van der Waals surface area contributed by atoms with Crippen LogP contribution in [-0.2, 0) is 13.0 Å². The van der Waals surface area contributed by atoms with Crippen molar-refractivity contribution in [2.24, 2.45) is 0 Å². The first kappa shape index (κ1) is 14.6. The highest BCUT2D eigenvalue weighted by atomic mass is 16.5. The Labute approximate surface area is 121 Å². The number of ether oxygens (including phenoxy) is 1. The summed E-state index contributed by atoms with van der Waals surface area (Å²) in [6.45, 7) is 6.87. The maximum Gasteiger partial charge on any atom is 0.122 e. The summed E-state index contributed by atoms with van der Waals surface area (Å²) in [6, 6.07) is 16.7. The number of benzene rings is 2. The first-order valence-electron chi connectivity index (χ1n) is 7.27. The van der Waals surface area contributed by atoms with Gasteiger partial charge < -0.3 is 10.1 Å². The molecule has 2 rings (SSSR count). The highest BCUT2D eigenvalue weighted by Crippen LogP contribution is 2.19. The van der Waals surface area contributed by atoms with E-state index in [4.69, 9.17) is 4.74 Å². The molecule has 0 aromatic heterocycles. The van der Waals surface area contributed by atoms with Crippen molar-refractivity contribution in [2.75, 3.05) is 13.1 Å². The monoisotopic (exact) mass is 269 g/mol. The quantitative estimate of drug-likeness (QED) is 0.773. The third-order valence-corrected chi connectivity index (χ3v) is 3.42. The molecule has 0 unspecified atom stereocenters. The average Bonchev–Trinajstić information content (AvgIpc) is 2.48. The summed E-state index contributed by atoms with van der Waals surface area (Å²) in [5.41, 5.74) is 3.81. The fraction of sp³-hybridized carbons (Fsp3) is 0.333. The summed E-state index contributed by atoms with van der Waals surface area (Å²) < 4.78 is 5.95. The van der Waals surface area contributed by atoms with Gasteiger partial charge in [0.2, 0.25) is 0 Å². The van der Waals surface area contributed by atoms with Gasteiger partial charge in [-0.05, 0) is 49.2 Å². The van der Waals surface area contributed by atoms with Crippen LogP contribution in [-0.4, -0.2) is 13.1 Å². The fourth-order valence-electron chi connectivity index (χ4n) is 2.22. The van der Waals surface area contributed by atoms with E-state index in [1.165, 1.54) is 16.7 Å². The lowest BCUT2D eigenvalue weighted by Crippen LogP contribution is -2.17. The third-order valence-electron chi connectivity index (χ3n) is 3.42.